The number of aliphatic hydroxyl groups is 1. The van der Waals surface area contributed by atoms with E-state index in [9.17, 15) is 19.5 Å². The lowest BCUT2D eigenvalue weighted by atomic mass is 9.73. The molecule has 2 fully saturated rings. The van der Waals surface area contributed by atoms with Crippen molar-refractivity contribution >= 4 is 34.9 Å². The Hall–Kier alpha value is -1.90. The summed E-state index contributed by atoms with van der Waals surface area (Å²) in [6, 6.07) is 0. The first-order valence-electron chi connectivity index (χ1n) is 12.1. The minimum atomic E-state index is -1.39. The van der Waals surface area contributed by atoms with Crippen molar-refractivity contribution in [1.29, 1.82) is 0 Å². The summed E-state index contributed by atoms with van der Waals surface area (Å²) < 4.78 is 11.6. The Balaban J connectivity index is 1.82. The number of hydrogen-bond donors (Lipinski definition) is 1. The number of carbonyl (C=O) groups is 3. The van der Waals surface area contributed by atoms with Crippen molar-refractivity contribution in [3.8, 4) is 0 Å². The molecule has 0 radical (unpaired) electrons. The number of hydrogen-bond acceptors (Lipinski definition) is 8. The molecule has 34 heavy (non-hydrogen) atoms. The Morgan fingerprint density at radius 1 is 1.21 bits per heavy atom. The van der Waals surface area contributed by atoms with Gasteiger partial charge in [0.1, 0.15) is 12.5 Å². The van der Waals surface area contributed by atoms with Crippen molar-refractivity contribution in [1.82, 2.24) is 4.98 Å². The lowest BCUT2D eigenvalue weighted by Gasteiger charge is -2.30. The molecule has 0 saturated carbocycles. The van der Waals surface area contributed by atoms with Crippen molar-refractivity contribution < 1.29 is 29.0 Å². The zero-order valence-corrected chi connectivity index (χ0v) is 21.8. The number of nitrogens with zero attached hydrogens (tertiary/aromatic N) is 1. The molecule has 0 amide bonds. The smallest absolute Gasteiger partial charge is 0.313 e. The van der Waals surface area contributed by atoms with E-state index in [0.29, 0.717) is 6.42 Å². The summed E-state index contributed by atoms with van der Waals surface area (Å²) in [5.41, 5.74) is 0.252. The molecule has 3 rings (SSSR count). The van der Waals surface area contributed by atoms with Crippen molar-refractivity contribution in [3.05, 3.63) is 21.7 Å². The summed E-state index contributed by atoms with van der Waals surface area (Å²) in [4.78, 5) is 43.3. The summed E-state index contributed by atoms with van der Waals surface area (Å²) in [5.74, 6) is -2.31. The van der Waals surface area contributed by atoms with Crippen molar-refractivity contribution in [3.63, 3.8) is 0 Å². The van der Waals surface area contributed by atoms with Crippen LogP contribution in [0.4, 0.5) is 0 Å². The maximum Gasteiger partial charge on any atom is 0.313 e. The summed E-state index contributed by atoms with van der Waals surface area (Å²) in [5, 5.41) is 13.6. The van der Waals surface area contributed by atoms with E-state index in [1.165, 1.54) is 13.8 Å². The fourth-order valence-corrected chi connectivity index (χ4v) is 5.24. The average Bonchev–Trinajstić information content (AvgIpc) is 3.38. The fraction of sp³-hybridized carbons (Fsp3) is 0.692. The van der Waals surface area contributed by atoms with E-state index in [1.807, 2.05) is 32.2 Å². The second-order valence-electron chi connectivity index (χ2n) is 10.4. The Morgan fingerprint density at radius 2 is 1.91 bits per heavy atom. The lowest BCUT2D eigenvalue weighted by molar-refractivity contribution is -0.153. The summed E-state index contributed by atoms with van der Waals surface area (Å²) in [6.07, 6.45) is 3.08. The van der Waals surface area contributed by atoms with Gasteiger partial charge in [-0.25, -0.2) is 4.98 Å². The summed E-state index contributed by atoms with van der Waals surface area (Å²) >= 11 is 1.55. The highest BCUT2D eigenvalue weighted by Gasteiger charge is 2.44. The highest BCUT2D eigenvalue weighted by molar-refractivity contribution is 7.09. The normalized spacial score (nSPS) is 33.9. The molecule has 0 aromatic carbocycles. The number of carbonyl (C=O) groups excluding carboxylic acids is 3. The van der Waals surface area contributed by atoms with Crippen molar-refractivity contribution in [2.24, 2.45) is 17.3 Å². The Kier molecular flexibility index (Phi) is 8.47. The van der Waals surface area contributed by atoms with Crippen LogP contribution in [0.5, 0.6) is 0 Å². The Bertz CT molecular complexity index is 951. The summed E-state index contributed by atoms with van der Waals surface area (Å²) in [6.45, 7) is 10.5. The predicted octanol–water partition coefficient (Wildman–Crippen LogP) is 4.30. The molecule has 2 aliphatic heterocycles. The van der Waals surface area contributed by atoms with Crippen LogP contribution < -0.4 is 0 Å². The van der Waals surface area contributed by atoms with Gasteiger partial charge in [0.25, 0.3) is 0 Å². The number of aryl methyl sites for hydroxylation is 1. The number of ether oxygens (including phenoxy) is 2. The van der Waals surface area contributed by atoms with Gasteiger partial charge >= 0.3 is 5.97 Å². The highest BCUT2D eigenvalue weighted by Crippen LogP contribution is 2.35. The number of ketones is 2. The highest BCUT2D eigenvalue weighted by atomic mass is 32.1. The molecule has 1 aromatic rings. The molecular weight excluding hydrogens is 454 g/mol. The largest absolute Gasteiger partial charge is 0.457 e. The number of epoxide rings is 1. The third kappa shape index (κ3) is 6.40. The molecule has 2 aliphatic rings. The van der Waals surface area contributed by atoms with E-state index < -0.39 is 41.7 Å². The molecule has 2 saturated heterocycles. The third-order valence-electron chi connectivity index (χ3n) is 7.20. The second kappa shape index (κ2) is 10.8. The third-order valence-corrected chi connectivity index (χ3v) is 7.99. The standard InChI is InChI=1S/C26H37NO6S/c1-14-8-7-9-19-21(32-19)11-20(15(2)10-18-13-34-17(4)27-18)33-23(29)12-22(28)26(5,6)25(31)16(3)24(14)30/h10,13-14,16,19-21,24,30H,7-9,11-12H2,1-6H3/t14-,16+,19+,20?,21-,24-/m0/s1. The zero-order valence-electron chi connectivity index (χ0n) is 21.0. The maximum absolute atomic E-state index is 13.1. The summed E-state index contributed by atoms with van der Waals surface area (Å²) in [7, 11) is 0. The molecule has 1 N–H and O–H groups in total. The van der Waals surface area contributed by atoms with Gasteiger partial charge in [-0.1, -0.05) is 20.3 Å². The van der Waals surface area contributed by atoms with E-state index in [2.05, 4.69) is 4.98 Å². The number of thiazole rings is 1. The van der Waals surface area contributed by atoms with Gasteiger partial charge < -0.3 is 14.6 Å². The first-order chi connectivity index (χ1) is 15.9. The number of Topliss-reactive ketones (excluding diaryl/α,β-unsaturated/α-hetero) is 2. The van der Waals surface area contributed by atoms with E-state index >= 15 is 0 Å². The molecule has 0 bridgehead atoms. The van der Waals surface area contributed by atoms with Crippen LogP contribution in [-0.2, 0) is 23.9 Å². The molecule has 6 atom stereocenters. The van der Waals surface area contributed by atoms with Crippen molar-refractivity contribution in [2.75, 3.05) is 0 Å². The molecule has 188 valence electrons. The van der Waals surface area contributed by atoms with Gasteiger partial charge in [0.05, 0.1) is 34.4 Å². The Labute approximate surface area is 205 Å². The molecule has 1 unspecified atom stereocenters. The van der Waals surface area contributed by atoms with Gasteiger partial charge in [-0.15, -0.1) is 11.3 Å². The number of rotatable bonds is 2. The minimum absolute atomic E-state index is 0.0147. The number of fused-ring (bicyclic) bond motifs is 1. The second-order valence-corrected chi connectivity index (χ2v) is 11.4. The van der Waals surface area contributed by atoms with Gasteiger partial charge in [0, 0.05) is 17.7 Å². The van der Waals surface area contributed by atoms with E-state index in [4.69, 9.17) is 9.47 Å². The van der Waals surface area contributed by atoms with Gasteiger partial charge in [-0.3, -0.25) is 14.4 Å². The quantitative estimate of drug-likeness (QED) is 0.373. The molecular formula is C26H37NO6S. The van der Waals surface area contributed by atoms with Crippen LogP contribution in [0.15, 0.2) is 11.0 Å². The van der Waals surface area contributed by atoms with Gasteiger partial charge in [-0.2, -0.15) is 0 Å². The van der Waals surface area contributed by atoms with Gasteiger partial charge in [0.15, 0.2) is 11.6 Å². The lowest BCUT2D eigenvalue weighted by Crippen LogP contribution is -2.43. The number of aliphatic hydroxyl groups excluding tert-OH is 1. The van der Waals surface area contributed by atoms with Crippen LogP contribution in [0, 0.1) is 24.2 Å². The molecule has 0 spiro atoms. The van der Waals surface area contributed by atoms with Gasteiger partial charge in [-0.05, 0) is 58.1 Å². The minimum Gasteiger partial charge on any atom is -0.457 e. The molecule has 3 heterocycles. The number of cyclic esters (lactones) is 1. The van der Waals surface area contributed by atoms with E-state index in [-0.39, 0.29) is 23.9 Å². The monoisotopic (exact) mass is 491 g/mol. The molecule has 8 heteroatoms. The first kappa shape index (κ1) is 26.7. The molecule has 0 aliphatic carbocycles. The number of aromatic nitrogens is 1. The topological polar surface area (TPSA) is 106 Å². The van der Waals surface area contributed by atoms with Crippen LogP contribution in [0.25, 0.3) is 6.08 Å². The van der Waals surface area contributed by atoms with E-state index in [1.54, 1.807) is 18.3 Å². The van der Waals surface area contributed by atoms with Crippen LogP contribution in [0.1, 0.15) is 77.4 Å². The van der Waals surface area contributed by atoms with E-state index in [0.717, 1.165) is 35.5 Å². The van der Waals surface area contributed by atoms with Crippen molar-refractivity contribution in [2.45, 2.75) is 98.1 Å². The van der Waals surface area contributed by atoms with Crippen LogP contribution in [0.2, 0.25) is 0 Å². The predicted molar refractivity (Wildman–Crippen MR) is 130 cm³/mol. The molecule has 7 nitrogen and oxygen atoms in total. The fourth-order valence-electron chi connectivity index (χ4n) is 4.67. The van der Waals surface area contributed by atoms with Gasteiger partial charge in [0.2, 0.25) is 0 Å². The maximum atomic E-state index is 13.1. The zero-order chi connectivity index (χ0) is 25.2. The SMILES string of the molecule is CC(=Cc1csc(C)n1)C1C[C@@H]2O[C@@H]2CCC[C@H](C)[C@H](O)[C@@H](C)C(=O)C(C)(C)C(=O)CC(=O)O1. The number of esters is 1. The van der Waals surface area contributed by atoms with Crippen LogP contribution >= 0.6 is 11.3 Å². The van der Waals surface area contributed by atoms with Crippen LogP contribution in [-0.4, -0.2) is 52.0 Å². The van der Waals surface area contributed by atoms with Crippen LogP contribution in [0.3, 0.4) is 0 Å². The Morgan fingerprint density at radius 3 is 2.56 bits per heavy atom. The molecule has 1 aromatic heterocycles. The average molecular weight is 492 g/mol. The first-order valence-corrected chi connectivity index (χ1v) is 13.0.